The lowest BCUT2D eigenvalue weighted by atomic mass is 10.2. The minimum atomic E-state index is -0.869. The van der Waals surface area contributed by atoms with Gasteiger partial charge < -0.3 is 14.2 Å². The molecule has 1 aromatic rings. The molecule has 0 radical (unpaired) electrons. The van der Waals surface area contributed by atoms with Crippen LogP contribution < -0.4 is 10.1 Å². The van der Waals surface area contributed by atoms with Gasteiger partial charge in [-0.3, -0.25) is 14.9 Å². The maximum absolute atomic E-state index is 11.4. The lowest BCUT2D eigenvalue weighted by Crippen LogP contribution is -2.34. The summed E-state index contributed by atoms with van der Waals surface area (Å²) in [5, 5.41) is 1.91. The molecule has 0 fully saturated rings. The van der Waals surface area contributed by atoms with E-state index < -0.39 is 24.6 Å². The van der Waals surface area contributed by atoms with Gasteiger partial charge in [0.15, 0.2) is 6.61 Å². The molecule has 1 N–H and O–H groups in total. The third kappa shape index (κ3) is 7.28. The molecule has 0 atom stereocenters. The highest BCUT2D eigenvalue weighted by molar-refractivity contribution is 5.93. The van der Waals surface area contributed by atoms with Crippen molar-refractivity contribution in [1.82, 2.24) is 5.32 Å². The molecule has 0 heterocycles. The Balaban J connectivity index is 2.16. The standard InChI is InChI=1S/C15H19NO6/c1-3-20-15(19)16-13(17)10-22-14(18)8-9-21-12-6-4-11(2)5-7-12/h4-7H,3,8-10H2,1-2H3,(H,16,17,19). The maximum Gasteiger partial charge on any atom is 0.413 e. The Hall–Kier alpha value is -2.57. The molecule has 2 amide bonds. The zero-order valence-electron chi connectivity index (χ0n) is 12.6. The first-order valence-electron chi connectivity index (χ1n) is 6.83. The number of ether oxygens (including phenoxy) is 3. The van der Waals surface area contributed by atoms with Gasteiger partial charge in [0.05, 0.1) is 19.6 Å². The molecule has 0 saturated carbocycles. The van der Waals surface area contributed by atoms with Gasteiger partial charge in [0.2, 0.25) is 0 Å². The number of alkyl carbamates (subject to hydrolysis) is 1. The van der Waals surface area contributed by atoms with Crippen molar-refractivity contribution in [3.8, 4) is 5.75 Å². The Morgan fingerprint density at radius 3 is 2.41 bits per heavy atom. The predicted molar refractivity (Wildman–Crippen MR) is 77.4 cm³/mol. The summed E-state index contributed by atoms with van der Waals surface area (Å²) in [6.07, 6.45) is -0.869. The van der Waals surface area contributed by atoms with E-state index in [2.05, 4.69) is 4.74 Å². The monoisotopic (exact) mass is 309 g/mol. The third-order valence-electron chi connectivity index (χ3n) is 2.48. The van der Waals surface area contributed by atoms with Gasteiger partial charge in [-0.25, -0.2) is 4.79 Å². The van der Waals surface area contributed by atoms with E-state index in [0.29, 0.717) is 5.75 Å². The normalized spacial score (nSPS) is 9.73. The zero-order chi connectivity index (χ0) is 16.4. The predicted octanol–water partition coefficient (Wildman–Crippen LogP) is 1.58. The minimum Gasteiger partial charge on any atom is -0.493 e. The molecule has 0 aliphatic carbocycles. The van der Waals surface area contributed by atoms with Gasteiger partial charge in [-0.2, -0.15) is 0 Å². The van der Waals surface area contributed by atoms with Gasteiger partial charge >= 0.3 is 12.1 Å². The average molecular weight is 309 g/mol. The fourth-order valence-corrected chi connectivity index (χ4v) is 1.42. The van der Waals surface area contributed by atoms with Gasteiger partial charge in [-0.1, -0.05) is 17.7 Å². The van der Waals surface area contributed by atoms with Crippen LogP contribution >= 0.6 is 0 Å². The van der Waals surface area contributed by atoms with Crippen LogP contribution in [0.4, 0.5) is 4.79 Å². The van der Waals surface area contributed by atoms with Crippen molar-refractivity contribution in [3.63, 3.8) is 0 Å². The first kappa shape index (κ1) is 17.5. The number of hydrogen-bond donors (Lipinski definition) is 1. The molecule has 0 spiro atoms. The molecule has 0 bridgehead atoms. The average Bonchev–Trinajstić information content (AvgIpc) is 2.47. The van der Waals surface area contributed by atoms with Gasteiger partial charge in [0, 0.05) is 0 Å². The molecule has 1 aromatic carbocycles. The molecule has 1 rings (SSSR count). The topological polar surface area (TPSA) is 90.9 Å². The fraction of sp³-hybridized carbons (Fsp3) is 0.400. The number of imide groups is 1. The van der Waals surface area contributed by atoms with Crippen molar-refractivity contribution in [3.05, 3.63) is 29.8 Å². The number of carbonyl (C=O) groups is 3. The smallest absolute Gasteiger partial charge is 0.413 e. The van der Waals surface area contributed by atoms with E-state index in [9.17, 15) is 14.4 Å². The molecule has 7 nitrogen and oxygen atoms in total. The van der Waals surface area contributed by atoms with Crippen LogP contribution in [-0.4, -0.2) is 37.8 Å². The quantitative estimate of drug-likeness (QED) is 0.769. The summed E-state index contributed by atoms with van der Waals surface area (Å²) < 4.78 is 14.6. The van der Waals surface area contributed by atoms with Crippen molar-refractivity contribution in [1.29, 1.82) is 0 Å². The Labute approximate surface area is 128 Å². The van der Waals surface area contributed by atoms with Crippen LogP contribution in [-0.2, 0) is 19.1 Å². The number of carbonyl (C=O) groups excluding carboxylic acids is 3. The molecule has 0 aliphatic heterocycles. The van der Waals surface area contributed by atoms with Crippen molar-refractivity contribution >= 4 is 18.0 Å². The number of esters is 1. The van der Waals surface area contributed by atoms with Crippen LogP contribution in [0.25, 0.3) is 0 Å². The molecule has 0 aliphatic rings. The van der Waals surface area contributed by atoms with Gasteiger partial charge in [0.25, 0.3) is 5.91 Å². The second kappa shape index (κ2) is 9.38. The molecule has 120 valence electrons. The van der Waals surface area contributed by atoms with Crippen LogP contribution in [0.5, 0.6) is 5.75 Å². The summed E-state index contributed by atoms with van der Waals surface area (Å²) in [7, 11) is 0. The molecule has 0 saturated heterocycles. The van der Waals surface area contributed by atoms with Crippen molar-refractivity contribution in [2.24, 2.45) is 0 Å². The highest BCUT2D eigenvalue weighted by atomic mass is 16.6. The molecular formula is C15H19NO6. The molecule has 22 heavy (non-hydrogen) atoms. The van der Waals surface area contributed by atoms with Crippen LogP contribution in [0, 0.1) is 6.92 Å². The van der Waals surface area contributed by atoms with E-state index in [1.165, 1.54) is 0 Å². The molecular weight excluding hydrogens is 290 g/mol. The Kier molecular flexibility index (Phi) is 7.45. The Bertz CT molecular complexity index is 511. The minimum absolute atomic E-state index is 0.000558. The van der Waals surface area contributed by atoms with E-state index in [1.807, 2.05) is 24.4 Å². The summed E-state index contributed by atoms with van der Waals surface area (Å²) in [4.78, 5) is 33.6. The lowest BCUT2D eigenvalue weighted by molar-refractivity contribution is -0.148. The van der Waals surface area contributed by atoms with Crippen LogP contribution in [0.2, 0.25) is 0 Å². The van der Waals surface area contributed by atoms with Crippen LogP contribution in [0.15, 0.2) is 24.3 Å². The van der Waals surface area contributed by atoms with Gasteiger partial charge in [-0.15, -0.1) is 0 Å². The van der Waals surface area contributed by atoms with E-state index >= 15 is 0 Å². The summed E-state index contributed by atoms with van der Waals surface area (Å²) in [5.74, 6) is -0.684. The zero-order valence-corrected chi connectivity index (χ0v) is 12.6. The van der Waals surface area contributed by atoms with Crippen molar-refractivity contribution in [2.45, 2.75) is 20.3 Å². The SMILES string of the molecule is CCOC(=O)NC(=O)COC(=O)CCOc1ccc(C)cc1. The van der Waals surface area contributed by atoms with Gasteiger partial charge in [0.1, 0.15) is 5.75 Å². The number of hydrogen-bond acceptors (Lipinski definition) is 6. The second-order valence-electron chi connectivity index (χ2n) is 4.34. The first-order chi connectivity index (χ1) is 10.5. The van der Waals surface area contributed by atoms with Crippen LogP contribution in [0.3, 0.4) is 0 Å². The number of aryl methyl sites for hydroxylation is 1. The van der Waals surface area contributed by atoms with Crippen molar-refractivity contribution in [2.75, 3.05) is 19.8 Å². The number of rotatable bonds is 7. The van der Waals surface area contributed by atoms with E-state index in [4.69, 9.17) is 9.47 Å². The van der Waals surface area contributed by atoms with E-state index in [-0.39, 0.29) is 19.6 Å². The summed E-state index contributed by atoms with van der Waals surface area (Å²) >= 11 is 0. The largest absolute Gasteiger partial charge is 0.493 e. The summed E-state index contributed by atoms with van der Waals surface area (Å²) in [5.41, 5.74) is 1.11. The Morgan fingerprint density at radius 2 is 1.77 bits per heavy atom. The number of benzene rings is 1. The van der Waals surface area contributed by atoms with E-state index in [0.717, 1.165) is 5.56 Å². The molecule has 0 unspecified atom stereocenters. The number of nitrogens with one attached hydrogen (secondary N) is 1. The second-order valence-corrected chi connectivity index (χ2v) is 4.34. The summed E-state index contributed by atoms with van der Waals surface area (Å²) in [6, 6.07) is 7.39. The fourth-order valence-electron chi connectivity index (χ4n) is 1.42. The first-order valence-corrected chi connectivity index (χ1v) is 6.83. The van der Waals surface area contributed by atoms with Gasteiger partial charge in [-0.05, 0) is 26.0 Å². The molecule has 7 heteroatoms. The Morgan fingerprint density at radius 1 is 1.09 bits per heavy atom. The highest BCUT2D eigenvalue weighted by Gasteiger charge is 2.11. The van der Waals surface area contributed by atoms with Crippen LogP contribution in [0.1, 0.15) is 18.9 Å². The highest BCUT2D eigenvalue weighted by Crippen LogP contribution is 2.11. The third-order valence-corrected chi connectivity index (χ3v) is 2.48. The number of amides is 2. The summed E-state index contributed by atoms with van der Waals surface area (Å²) in [6.45, 7) is 3.32. The molecule has 0 aromatic heterocycles. The maximum atomic E-state index is 11.4. The van der Waals surface area contributed by atoms with E-state index in [1.54, 1.807) is 19.1 Å². The van der Waals surface area contributed by atoms with Crippen molar-refractivity contribution < 1.29 is 28.6 Å². The lowest BCUT2D eigenvalue weighted by Gasteiger charge is -2.07.